The third-order valence-electron chi connectivity index (χ3n) is 3.17. The second-order valence-corrected chi connectivity index (χ2v) is 5.14. The van der Waals surface area contributed by atoms with Crippen molar-refractivity contribution in [3.63, 3.8) is 0 Å². The number of alkyl carbamates (subject to hydrolysis) is 1. The van der Waals surface area contributed by atoms with Crippen molar-refractivity contribution in [1.82, 2.24) is 5.32 Å². The molecule has 1 saturated heterocycles. The number of amides is 1. The van der Waals surface area contributed by atoms with Crippen molar-refractivity contribution in [2.75, 3.05) is 6.61 Å². The zero-order valence-electron chi connectivity index (χ0n) is 10.6. The second kappa shape index (κ2) is 5.14. The number of halogens is 2. The van der Waals surface area contributed by atoms with Crippen molar-refractivity contribution >= 4 is 18.5 Å². The highest BCUT2D eigenvalue weighted by Gasteiger charge is 2.38. The first-order chi connectivity index (χ1) is 7.90. The molecule has 1 amide bonds. The Hall–Kier alpha value is -1.29. The Balaban J connectivity index is 0.00000162. The van der Waals surface area contributed by atoms with Crippen molar-refractivity contribution in [2.45, 2.75) is 26.8 Å². The van der Waals surface area contributed by atoms with Crippen LogP contribution in [-0.2, 0) is 4.74 Å². The molecule has 18 heavy (non-hydrogen) atoms. The van der Waals surface area contributed by atoms with E-state index in [4.69, 9.17) is 4.74 Å². The van der Waals surface area contributed by atoms with E-state index in [1.165, 1.54) is 12.1 Å². The van der Waals surface area contributed by atoms with Crippen molar-refractivity contribution in [2.24, 2.45) is 5.41 Å². The predicted molar refractivity (Wildman–Crippen MR) is 69.4 cm³/mol. The van der Waals surface area contributed by atoms with Crippen LogP contribution < -0.4 is 5.32 Å². The molecule has 3 nitrogen and oxygen atoms in total. The van der Waals surface area contributed by atoms with E-state index in [1.54, 1.807) is 6.07 Å². The molecule has 0 radical (unpaired) electrons. The van der Waals surface area contributed by atoms with Crippen LogP contribution in [0.3, 0.4) is 0 Å². The number of hydrogen-bond acceptors (Lipinski definition) is 2. The van der Waals surface area contributed by atoms with Gasteiger partial charge in [0.25, 0.3) is 0 Å². The molecular formula is C13H17ClFNO2. The van der Waals surface area contributed by atoms with Crippen molar-refractivity contribution < 1.29 is 13.9 Å². The first-order valence-corrected chi connectivity index (χ1v) is 5.59. The smallest absolute Gasteiger partial charge is 0.407 e. The minimum Gasteiger partial charge on any atom is -0.449 e. The maximum absolute atomic E-state index is 13.3. The fraction of sp³-hybridized carbons (Fsp3) is 0.462. The number of ether oxygens (including phenoxy) is 1. The van der Waals surface area contributed by atoms with Crippen LogP contribution in [0.5, 0.6) is 0 Å². The summed E-state index contributed by atoms with van der Waals surface area (Å²) in [5.41, 5.74) is 1.52. The zero-order valence-corrected chi connectivity index (χ0v) is 11.4. The van der Waals surface area contributed by atoms with Gasteiger partial charge in [-0.3, -0.25) is 0 Å². The van der Waals surface area contributed by atoms with Crippen LogP contribution in [-0.4, -0.2) is 12.7 Å². The standard InChI is InChI=1S/C13H16FNO2.ClH/c1-8-4-5-9(14)6-10(8)11-13(2,3)7-17-12(16)15-11;/h4-6,11H,7H2,1-3H3,(H,15,16);1H/t11-;/m0./s1. The summed E-state index contributed by atoms with van der Waals surface area (Å²) >= 11 is 0. The van der Waals surface area contributed by atoms with E-state index in [2.05, 4.69) is 5.32 Å². The predicted octanol–water partition coefficient (Wildman–Crippen LogP) is 3.36. The molecule has 0 unspecified atom stereocenters. The van der Waals surface area contributed by atoms with Crippen LogP contribution in [0, 0.1) is 18.2 Å². The summed E-state index contributed by atoms with van der Waals surface area (Å²) in [6.07, 6.45) is -0.446. The van der Waals surface area contributed by atoms with E-state index in [0.29, 0.717) is 6.61 Å². The lowest BCUT2D eigenvalue weighted by atomic mass is 9.79. The van der Waals surface area contributed by atoms with Gasteiger partial charge in [-0.25, -0.2) is 9.18 Å². The number of carbonyl (C=O) groups excluding carboxylic acids is 1. The van der Waals surface area contributed by atoms with Crippen molar-refractivity contribution in [3.05, 3.63) is 35.1 Å². The quantitative estimate of drug-likeness (QED) is 0.852. The third-order valence-corrected chi connectivity index (χ3v) is 3.17. The minimum absolute atomic E-state index is 0. The molecule has 1 aromatic rings. The highest BCUT2D eigenvalue weighted by atomic mass is 35.5. The summed E-state index contributed by atoms with van der Waals surface area (Å²) in [5.74, 6) is -0.290. The monoisotopic (exact) mass is 273 g/mol. The number of rotatable bonds is 1. The second-order valence-electron chi connectivity index (χ2n) is 5.14. The number of hydrogen-bond donors (Lipinski definition) is 1. The Morgan fingerprint density at radius 1 is 1.44 bits per heavy atom. The van der Waals surface area contributed by atoms with Gasteiger partial charge in [-0.1, -0.05) is 19.9 Å². The van der Waals surface area contributed by atoms with Crippen LogP contribution in [0.4, 0.5) is 9.18 Å². The lowest BCUT2D eigenvalue weighted by Crippen LogP contribution is -2.47. The molecule has 0 saturated carbocycles. The molecule has 1 atom stereocenters. The minimum atomic E-state index is -0.446. The molecule has 100 valence electrons. The van der Waals surface area contributed by atoms with Gasteiger partial charge in [-0.15, -0.1) is 12.4 Å². The number of nitrogens with one attached hydrogen (secondary N) is 1. The van der Waals surface area contributed by atoms with Gasteiger partial charge >= 0.3 is 6.09 Å². The van der Waals surface area contributed by atoms with Gasteiger partial charge in [0.15, 0.2) is 0 Å². The maximum Gasteiger partial charge on any atom is 0.407 e. The molecule has 2 rings (SSSR count). The molecule has 1 aromatic carbocycles. The molecule has 1 N–H and O–H groups in total. The Kier molecular flexibility index (Phi) is 4.22. The number of benzene rings is 1. The summed E-state index contributed by atoms with van der Waals surface area (Å²) in [5, 5.41) is 2.76. The Morgan fingerprint density at radius 2 is 2.11 bits per heavy atom. The van der Waals surface area contributed by atoms with Gasteiger partial charge in [0.2, 0.25) is 0 Å². The molecule has 0 bridgehead atoms. The van der Waals surface area contributed by atoms with Crippen LogP contribution in [0.2, 0.25) is 0 Å². The molecule has 1 aliphatic rings. The van der Waals surface area contributed by atoms with Gasteiger partial charge < -0.3 is 10.1 Å². The molecule has 1 heterocycles. The zero-order chi connectivity index (χ0) is 12.6. The molecule has 1 aliphatic heterocycles. The Bertz CT molecular complexity index is 462. The summed E-state index contributed by atoms with van der Waals surface area (Å²) in [7, 11) is 0. The van der Waals surface area contributed by atoms with Gasteiger partial charge in [0.05, 0.1) is 6.04 Å². The Morgan fingerprint density at radius 3 is 2.78 bits per heavy atom. The lowest BCUT2D eigenvalue weighted by molar-refractivity contribution is 0.0385. The lowest BCUT2D eigenvalue weighted by Gasteiger charge is -2.39. The van der Waals surface area contributed by atoms with Crippen LogP contribution in [0.25, 0.3) is 0 Å². The van der Waals surface area contributed by atoms with E-state index < -0.39 is 6.09 Å². The highest BCUT2D eigenvalue weighted by Crippen LogP contribution is 2.37. The SMILES string of the molecule is Cc1ccc(F)cc1[C@@H]1NC(=O)OCC1(C)C.Cl. The summed E-state index contributed by atoms with van der Waals surface area (Å²) in [4.78, 5) is 11.3. The molecule has 0 aliphatic carbocycles. The van der Waals surface area contributed by atoms with Gasteiger partial charge in [-0.05, 0) is 30.2 Å². The van der Waals surface area contributed by atoms with Gasteiger partial charge in [-0.2, -0.15) is 0 Å². The van der Waals surface area contributed by atoms with E-state index in [0.717, 1.165) is 11.1 Å². The first-order valence-electron chi connectivity index (χ1n) is 5.59. The molecule has 1 fully saturated rings. The largest absolute Gasteiger partial charge is 0.449 e. The molecular weight excluding hydrogens is 257 g/mol. The summed E-state index contributed by atoms with van der Waals surface area (Å²) in [6, 6.07) is 4.40. The van der Waals surface area contributed by atoms with Crippen molar-refractivity contribution in [1.29, 1.82) is 0 Å². The number of carbonyl (C=O) groups is 1. The van der Waals surface area contributed by atoms with E-state index in [1.807, 2.05) is 20.8 Å². The van der Waals surface area contributed by atoms with E-state index in [9.17, 15) is 9.18 Å². The van der Waals surface area contributed by atoms with E-state index in [-0.39, 0.29) is 29.7 Å². The number of aryl methyl sites for hydroxylation is 1. The summed E-state index contributed by atoms with van der Waals surface area (Å²) < 4.78 is 18.3. The van der Waals surface area contributed by atoms with Gasteiger partial charge in [0, 0.05) is 5.41 Å². The molecule has 5 heteroatoms. The fourth-order valence-electron chi connectivity index (χ4n) is 2.11. The number of cyclic esters (lactones) is 1. The summed E-state index contributed by atoms with van der Waals surface area (Å²) in [6.45, 7) is 6.22. The third kappa shape index (κ3) is 2.75. The normalized spacial score (nSPS) is 21.6. The molecule has 0 spiro atoms. The van der Waals surface area contributed by atoms with E-state index >= 15 is 0 Å². The average molecular weight is 274 g/mol. The maximum atomic E-state index is 13.3. The van der Waals surface area contributed by atoms with Crippen LogP contribution in [0.15, 0.2) is 18.2 Å². The highest BCUT2D eigenvalue weighted by molar-refractivity contribution is 5.85. The molecule has 0 aromatic heterocycles. The Labute approximate surface area is 112 Å². The van der Waals surface area contributed by atoms with Crippen LogP contribution in [0.1, 0.15) is 31.0 Å². The van der Waals surface area contributed by atoms with Gasteiger partial charge in [0.1, 0.15) is 12.4 Å². The van der Waals surface area contributed by atoms with Crippen LogP contribution >= 0.6 is 12.4 Å². The first kappa shape index (κ1) is 14.8. The topological polar surface area (TPSA) is 38.3 Å². The fourth-order valence-corrected chi connectivity index (χ4v) is 2.11. The van der Waals surface area contributed by atoms with Crippen molar-refractivity contribution in [3.8, 4) is 0 Å². The average Bonchev–Trinajstić information content (AvgIpc) is 2.26.